The maximum atomic E-state index is 12.7. The van der Waals surface area contributed by atoms with E-state index in [9.17, 15) is 22.8 Å². The molecule has 1 aromatic rings. The summed E-state index contributed by atoms with van der Waals surface area (Å²) >= 11 is 0. The van der Waals surface area contributed by atoms with Gasteiger partial charge in [-0.1, -0.05) is 31.2 Å². The number of allylic oxidation sites excluding steroid dienone is 1. The van der Waals surface area contributed by atoms with Crippen LogP contribution in [0.4, 0.5) is 13.2 Å². The number of hydrogen-bond donors (Lipinski definition) is 1. The summed E-state index contributed by atoms with van der Waals surface area (Å²) in [6, 6.07) is 4.77. The van der Waals surface area contributed by atoms with Gasteiger partial charge in [0.1, 0.15) is 5.92 Å². The molecular weight excluding hydrogens is 273 g/mol. The maximum absolute atomic E-state index is 12.7. The molecule has 0 fully saturated rings. The second-order valence-corrected chi connectivity index (χ2v) is 4.12. The Morgan fingerprint density at radius 1 is 1.30 bits per heavy atom. The Labute approximate surface area is 113 Å². The van der Waals surface area contributed by atoms with Gasteiger partial charge in [0.2, 0.25) is 0 Å². The summed E-state index contributed by atoms with van der Waals surface area (Å²) in [6.07, 6.45) is -2.57. The molecule has 1 N–H and O–H groups in total. The first-order valence-corrected chi connectivity index (χ1v) is 5.88. The molecule has 0 heterocycles. The van der Waals surface area contributed by atoms with E-state index in [0.717, 1.165) is 18.2 Å². The number of hydrogen-bond acceptors (Lipinski definition) is 2. The van der Waals surface area contributed by atoms with Gasteiger partial charge in [-0.2, -0.15) is 13.2 Å². The predicted molar refractivity (Wildman–Crippen MR) is 66.9 cm³/mol. The third-order valence-electron chi connectivity index (χ3n) is 2.74. The van der Waals surface area contributed by atoms with Crippen LogP contribution in [0.5, 0.6) is 0 Å². The number of halogens is 3. The van der Waals surface area contributed by atoms with Crippen molar-refractivity contribution in [3.8, 4) is 0 Å². The average Bonchev–Trinajstić information content (AvgIpc) is 2.36. The van der Waals surface area contributed by atoms with Gasteiger partial charge in [0.05, 0.1) is 5.56 Å². The minimum Gasteiger partial charge on any atom is -0.481 e. The lowest BCUT2D eigenvalue weighted by atomic mass is 9.99. The van der Waals surface area contributed by atoms with E-state index < -0.39 is 29.4 Å². The standard InChI is InChI=1S/C14H13F3O3/c1-2-10(13(19)20)12(18)8-7-9-5-3-4-6-11(9)14(15,16)17/h3-8,10H,2H2,1H3,(H,19,20). The van der Waals surface area contributed by atoms with Crippen molar-refractivity contribution in [2.45, 2.75) is 19.5 Å². The maximum Gasteiger partial charge on any atom is 0.416 e. The number of carboxylic acids is 1. The van der Waals surface area contributed by atoms with E-state index in [-0.39, 0.29) is 12.0 Å². The number of ketones is 1. The number of alkyl halides is 3. The number of carbonyl (C=O) groups is 2. The van der Waals surface area contributed by atoms with Gasteiger partial charge >= 0.3 is 12.1 Å². The highest BCUT2D eigenvalue weighted by molar-refractivity contribution is 6.06. The molecule has 20 heavy (non-hydrogen) atoms. The Morgan fingerprint density at radius 2 is 1.90 bits per heavy atom. The van der Waals surface area contributed by atoms with Crippen LogP contribution >= 0.6 is 0 Å². The van der Waals surface area contributed by atoms with E-state index in [1.807, 2.05) is 0 Å². The molecule has 108 valence electrons. The summed E-state index contributed by atoms with van der Waals surface area (Å²) in [6.45, 7) is 1.52. The first-order chi connectivity index (χ1) is 9.27. The lowest BCUT2D eigenvalue weighted by Crippen LogP contribution is -2.21. The monoisotopic (exact) mass is 286 g/mol. The third-order valence-corrected chi connectivity index (χ3v) is 2.74. The average molecular weight is 286 g/mol. The Bertz CT molecular complexity index is 533. The molecule has 0 radical (unpaired) electrons. The summed E-state index contributed by atoms with van der Waals surface area (Å²) in [7, 11) is 0. The molecule has 0 aliphatic rings. The molecule has 3 nitrogen and oxygen atoms in total. The van der Waals surface area contributed by atoms with Crippen molar-refractivity contribution in [1.29, 1.82) is 0 Å². The number of rotatable bonds is 5. The fraction of sp³-hybridized carbons (Fsp3) is 0.286. The van der Waals surface area contributed by atoms with Gasteiger partial charge in [-0.15, -0.1) is 0 Å². The minimum absolute atomic E-state index is 0.0828. The largest absolute Gasteiger partial charge is 0.481 e. The molecule has 0 spiro atoms. The number of carbonyl (C=O) groups excluding carboxylic acids is 1. The van der Waals surface area contributed by atoms with Crippen LogP contribution in [0.3, 0.4) is 0 Å². The first-order valence-electron chi connectivity index (χ1n) is 5.88. The molecule has 0 saturated carbocycles. The van der Waals surface area contributed by atoms with Crippen LogP contribution in [0.25, 0.3) is 6.08 Å². The van der Waals surface area contributed by atoms with E-state index >= 15 is 0 Å². The van der Waals surface area contributed by atoms with Crippen molar-refractivity contribution in [3.63, 3.8) is 0 Å². The van der Waals surface area contributed by atoms with Crippen molar-refractivity contribution in [3.05, 3.63) is 41.5 Å². The van der Waals surface area contributed by atoms with E-state index in [4.69, 9.17) is 5.11 Å². The highest BCUT2D eigenvalue weighted by atomic mass is 19.4. The zero-order valence-electron chi connectivity index (χ0n) is 10.6. The highest BCUT2D eigenvalue weighted by Crippen LogP contribution is 2.32. The van der Waals surface area contributed by atoms with E-state index in [1.54, 1.807) is 0 Å². The van der Waals surface area contributed by atoms with Crippen molar-refractivity contribution >= 4 is 17.8 Å². The van der Waals surface area contributed by atoms with Crippen LogP contribution in [-0.4, -0.2) is 16.9 Å². The zero-order chi connectivity index (χ0) is 15.3. The molecule has 6 heteroatoms. The molecule has 1 rings (SSSR count). The molecule has 0 aliphatic heterocycles. The summed E-state index contributed by atoms with van der Waals surface area (Å²) in [5.74, 6) is -3.24. The van der Waals surface area contributed by atoms with Crippen molar-refractivity contribution in [2.75, 3.05) is 0 Å². The van der Waals surface area contributed by atoms with Gasteiger partial charge in [-0.05, 0) is 24.1 Å². The number of benzene rings is 1. The zero-order valence-corrected chi connectivity index (χ0v) is 10.6. The molecule has 0 aliphatic carbocycles. The van der Waals surface area contributed by atoms with Gasteiger partial charge in [0, 0.05) is 0 Å². The second kappa shape index (κ2) is 6.36. The number of carboxylic acid groups (broad SMARTS) is 1. The summed E-state index contributed by atoms with van der Waals surface area (Å²) in [4.78, 5) is 22.4. The third kappa shape index (κ3) is 3.94. The normalized spacial score (nSPS) is 13.4. The topological polar surface area (TPSA) is 54.4 Å². The molecule has 1 atom stereocenters. The van der Waals surface area contributed by atoms with Crippen molar-refractivity contribution < 1.29 is 27.9 Å². The van der Waals surface area contributed by atoms with Crippen LogP contribution in [-0.2, 0) is 15.8 Å². The van der Waals surface area contributed by atoms with E-state index in [1.165, 1.54) is 25.1 Å². The van der Waals surface area contributed by atoms with Crippen molar-refractivity contribution in [1.82, 2.24) is 0 Å². The van der Waals surface area contributed by atoms with Crippen molar-refractivity contribution in [2.24, 2.45) is 5.92 Å². The van der Waals surface area contributed by atoms with Crippen LogP contribution < -0.4 is 0 Å². The fourth-order valence-electron chi connectivity index (χ4n) is 1.69. The van der Waals surface area contributed by atoms with Gasteiger partial charge in [0.15, 0.2) is 5.78 Å². The lowest BCUT2D eigenvalue weighted by molar-refractivity contribution is -0.145. The molecule has 0 bridgehead atoms. The molecule has 0 aromatic heterocycles. The predicted octanol–water partition coefficient (Wildman–Crippen LogP) is 3.40. The summed E-state index contributed by atoms with van der Waals surface area (Å²) < 4.78 is 38.1. The van der Waals surface area contributed by atoms with Crippen LogP contribution in [0.15, 0.2) is 30.3 Å². The quantitative estimate of drug-likeness (QED) is 0.666. The van der Waals surface area contributed by atoms with E-state index in [0.29, 0.717) is 0 Å². The van der Waals surface area contributed by atoms with Gasteiger partial charge < -0.3 is 5.11 Å². The fourth-order valence-corrected chi connectivity index (χ4v) is 1.69. The Balaban J connectivity index is 3.02. The summed E-state index contributed by atoms with van der Waals surface area (Å²) in [5, 5.41) is 8.79. The van der Waals surface area contributed by atoms with Gasteiger partial charge in [-0.3, -0.25) is 9.59 Å². The first kappa shape index (κ1) is 15.9. The lowest BCUT2D eigenvalue weighted by Gasteiger charge is -2.10. The number of aliphatic carboxylic acids is 1. The van der Waals surface area contributed by atoms with E-state index in [2.05, 4.69) is 0 Å². The molecule has 1 aromatic carbocycles. The van der Waals surface area contributed by atoms with Crippen LogP contribution in [0.2, 0.25) is 0 Å². The SMILES string of the molecule is CCC(C(=O)O)C(=O)C=Cc1ccccc1C(F)(F)F. The van der Waals surface area contributed by atoms with Crippen LogP contribution in [0, 0.1) is 5.92 Å². The second-order valence-electron chi connectivity index (χ2n) is 4.12. The molecule has 0 saturated heterocycles. The highest BCUT2D eigenvalue weighted by Gasteiger charge is 2.32. The Hall–Kier alpha value is -2.11. The summed E-state index contributed by atoms with van der Waals surface area (Å²) in [5.41, 5.74) is -1.04. The molecule has 0 amide bonds. The van der Waals surface area contributed by atoms with Gasteiger partial charge in [-0.25, -0.2) is 0 Å². The van der Waals surface area contributed by atoms with Gasteiger partial charge in [0.25, 0.3) is 0 Å². The molecule has 1 unspecified atom stereocenters. The Morgan fingerprint density at radius 3 is 2.40 bits per heavy atom. The molecular formula is C14H13F3O3. The van der Waals surface area contributed by atoms with Crippen LogP contribution in [0.1, 0.15) is 24.5 Å². The minimum atomic E-state index is -4.53. The Kier molecular flexibility index (Phi) is 5.07. The smallest absolute Gasteiger partial charge is 0.416 e.